The van der Waals surface area contributed by atoms with Crippen LogP contribution in [0.1, 0.15) is 18.9 Å². The summed E-state index contributed by atoms with van der Waals surface area (Å²) in [7, 11) is -3.42. The van der Waals surface area contributed by atoms with Crippen molar-refractivity contribution in [2.75, 3.05) is 18.8 Å². The van der Waals surface area contributed by atoms with Gasteiger partial charge in [0.25, 0.3) is 0 Å². The first-order valence-corrected chi connectivity index (χ1v) is 7.65. The minimum atomic E-state index is -3.42. The van der Waals surface area contributed by atoms with Crippen LogP contribution in [0.25, 0.3) is 0 Å². The average molecular weight is 286 g/mol. The number of aromatic nitrogens is 1. The van der Waals surface area contributed by atoms with Crippen molar-refractivity contribution in [3.8, 4) is 0 Å². The number of aliphatic carboxylic acids is 1. The number of pyridine rings is 1. The van der Waals surface area contributed by atoms with E-state index < -0.39 is 16.0 Å². The number of sulfonamides is 1. The summed E-state index contributed by atoms with van der Waals surface area (Å²) in [5.74, 6) is -1.02. The zero-order valence-corrected chi connectivity index (χ0v) is 11.6. The van der Waals surface area contributed by atoms with Gasteiger partial charge in [0.1, 0.15) is 0 Å². The van der Waals surface area contributed by atoms with E-state index in [2.05, 4.69) is 4.98 Å². The molecule has 0 aliphatic carbocycles. The van der Waals surface area contributed by atoms with E-state index >= 15 is 0 Å². The van der Waals surface area contributed by atoms with Gasteiger partial charge in [0, 0.05) is 25.5 Å². The van der Waals surface area contributed by atoms with Crippen LogP contribution in [0.4, 0.5) is 0 Å². The lowest BCUT2D eigenvalue weighted by Crippen LogP contribution is -2.35. The van der Waals surface area contributed by atoms with E-state index in [9.17, 15) is 13.2 Å². The summed E-state index contributed by atoms with van der Waals surface area (Å²) in [6.07, 6.45) is 3.45. The van der Waals surface area contributed by atoms with Crippen molar-refractivity contribution < 1.29 is 18.3 Å². The Balaban J connectivity index is 2.60. The fourth-order valence-corrected chi connectivity index (χ4v) is 3.15. The Kier molecular flexibility index (Phi) is 5.91. The minimum absolute atomic E-state index is 0.0184. The zero-order valence-electron chi connectivity index (χ0n) is 10.8. The van der Waals surface area contributed by atoms with Crippen molar-refractivity contribution in [2.45, 2.75) is 19.8 Å². The highest BCUT2D eigenvalue weighted by atomic mass is 32.2. The first-order valence-electron chi connectivity index (χ1n) is 6.04. The predicted octanol–water partition coefficient (Wildman–Crippen LogP) is 0.750. The van der Waals surface area contributed by atoms with Crippen molar-refractivity contribution in [1.82, 2.24) is 9.29 Å². The second-order valence-corrected chi connectivity index (χ2v) is 6.15. The third-order valence-electron chi connectivity index (χ3n) is 2.72. The van der Waals surface area contributed by atoms with Gasteiger partial charge >= 0.3 is 5.97 Å². The molecule has 19 heavy (non-hydrogen) atoms. The lowest BCUT2D eigenvalue weighted by molar-refractivity contribution is -0.137. The summed E-state index contributed by atoms with van der Waals surface area (Å²) in [5.41, 5.74) is 0.896. The van der Waals surface area contributed by atoms with Crippen molar-refractivity contribution in [3.05, 3.63) is 30.1 Å². The van der Waals surface area contributed by atoms with Crippen LogP contribution in [0.3, 0.4) is 0 Å². The lowest BCUT2D eigenvalue weighted by atomic mass is 10.2. The molecular weight excluding hydrogens is 268 g/mol. The number of carboxylic acid groups (broad SMARTS) is 1. The molecule has 0 aliphatic rings. The fourth-order valence-electron chi connectivity index (χ4n) is 1.64. The molecule has 0 saturated heterocycles. The Labute approximate surface area is 113 Å². The van der Waals surface area contributed by atoms with Crippen LogP contribution < -0.4 is 0 Å². The molecule has 0 radical (unpaired) electrons. The molecule has 1 rings (SSSR count). The zero-order chi connectivity index (χ0) is 14.3. The predicted molar refractivity (Wildman–Crippen MR) is 71.2 cm³/mol. The molecule has 0 aromatic carbocycles. The van der Waals surface area contributed by atoms with E-state index in [0.717, 1.165) is 5.56 Å². The lowest BCUT2D eigenvalue weighted by Gasteiger charge is -2.19. The molecule has 106 valence electrons. The summed E-state index contributed by atoms with van der Waals surface area (Å²) in [6, 6.07) is 3.53. The number of nitrogens with zero attached hydrogens (tertiary/aromatic N) is 2. The van der Waals surface area contributed by atoms with Crippen LogP contribution in [0.2, 0.25) is 0 Å². The first-order chi connectivity index (χ1) is 8.95. The summed E-state index contributed by atoms with van der Waals surface area (Å²) in [6.45, 7) is 2.00. The molecule has 0 amide bonds. The molecule has 0 aliphatic heterocycles. The van der Waals surface area contributed by atoms with E-state index in [-0.39, 0.29) is 25.3 Å². The average Bonchev–Trinajstić information content (AvgIpc) is 2.38. The number of aryl methyl sites for hydroxylation is 1. The van der Waals surface area contributed by atoms with Crippen LogP contribution in [-0.2, 0) is 21.2 Å². The molecule has 1 aromatic heterocycles. The standard InChI is InChI=1S/C12H18N2O4S/c1-2-14(9-5-12(15)16)19(17,18)10-6-11-3-7-13-8-4-11/h3-4,7-8H,2,5-6,9-10H2,1H3,(H,15,16). The van der Waals surface area contributed by atoms with Crippen LogP contribution >= 0.6 is 0 Å². The van der Waals surface area contributed by atoms with Crippen molar-refractivity contribution in [2.24, 2.45) is 0 Å². The van der Waals surface area contributed by atoms with Gasteiger partial charge in [-0.05, 0) is 24.1 Å². The molecular formula is C12H18N2O4S. The van der Waals surface area contributed by atoms with Crippen LogP contribution in [0.5, 0.6) is 0 Å². The van der Waals surface area contributed by atoms with Crippen molar-refractivity contribution in [3.63, 3.8) is 0 Å². The summed E-state index contributed by atoms with van der Waals surface area (Å²) in [4.78, 5) is 14.4. The Morgan fingerprint density at radius 1 is 1.37 bits per heavy atom. The highest BCUT2D eigenvalue weighted by molar-refractivity contribution is 7.89. The number of hydrogen-bond donors (Lipinski definition) is 1. The Hall–Kier alpha value is -1.47. The molecule has 0 fully saturated rings. The molecule has 1 heterocycles. The van der Waals surface area contributed by atoms with E-state index in [1.165, 1.54) is 4.31 Å². The summed E-state index contributed by atoms with van der Waals surface area (Å²) in [5, 5.41) is 8.60. The fraction of sp³-hybridized carbons (Fsp3) is 0.500. The Morgan fingerprint density at radius 2 is 2.00 bits per heavy atom. The third kappa shape index (κ3) is 5.35. The first kappa shape index (κ1) is 15.6. The number of hydrogen-bond acceptors (Lipinski definition) is 4. The van der Waals surface area contributed by atoms with E-state index in [1.807, 2.05) is 0 Å². The number of rotatable bonds is 8. The van der Waals surface area contributed by atoms with Crippen LogP contribution in [0.15, 0.2) is 24.5 Å². The Bertz CT molecular complexity index is 502. The summed E-state index contributed by atoms with van der Waals surface area (Å²) < 4.78 is 25.3. The van der Waals surface area contributed by atoms with Gasteiger partial charge in [-0.1, -0.05) is 6.92 Å². The molecule has 6 nitrogen and oxygen atoms in total. The van der Waals surface area contributed by atoms with E-state index in [1.54, 1.807) is 31.5 Å². The molecule has 7 heteroatoms. The minimum Gasteiger partial charge on any atom is -0.481 e. The quantitative estimate of drug-likeness (QED) is 0.762. The molecule has 1 aromatic rings. The van der Waals surface area contributed by atoms with Gasteiger partial charge in [-0.15, -0.1) is 0 Å². The van der Waals surface area contributed by atoms with Crippen molar-refractivity contribution >= 4 is 16.0 Å². The van der Waals surface area contributed by atoms with E-state index in [4.69, 9.17) is 5.11 Å². The van der Waals surface area contributed by atoms with Crippen LogP contribution in [-0.4, -0.2) is 47.6 Å². The maximum atomic E-state index is 12.1. The van der Waals surface area contributed by atoms with Crippen molar-refractivity contribution in [1.29, 1.82) is 0 Å². The largest absolute Gasteiger partial charge is 0.481 e. The molecule has 0 saturated carbocycles. The van der Waals surface area contributed by atoms with Gasteiger partial charge < -0.3 is 5.11 Å². The van der Waals surface area contributed by atoms with Gasteiger partial charge in [-0.3, -0.25) is 9.78 Å². The maximum Gasteiger partial charge on any atom is 0.304 e. The monoisotopic (exact) mass is 286 g/mol. The molecule has 0 atom stereocenters. The topological polar surface area (TPSA) is 87.6 Å². The Morgan fingerprint density at radius 3 is 2.53 bits per heavy atom. The highest BCUT2D eigenvalue weighted by Crippen LogP contribution is 2.07. The SMILES string of the molecule is CCN(CCC(=O)O)S(=O)(=O)CCc1ccncc1. The molecule has 0 spiro atoms. The second kappa shape index (κ2) is 7.20. The highest BCUT2D eigenvalue weighted by Gasteiger charge is 2.20. The van der Waals surface area contributed by atoms with E-state index in [0.29, 0.717) is 6.42 Å². The van der Waals surface area contributed by atoms with Gasteiger partial charge in [0.15, 0.2) is 0 Å². The molecule has 0 bridgehead atoms. The molecule has 0 unspecified atom stereocenters. The smallest absolute Gasteiger partial charge is 0.304 e. The van der Waals surface area contributed by atoms with Crippen LogP contribution in [0, 0.1) is 0 Å². The van der Waals surface area contributed by atoms with Gasteiger partial charge in [-0.2, -0.15) is 0 Å². The number of carbonyl (C=O) groups is 1. The number of carboxylic acids is 1. The third-order valence-corrected chi connectivity index (χ3v) is 4.67. The van der Waals surface area contributed by atoms with Gasteiger partial charge in [-0.25, -0.2) is 12.7 Å². The molecule has 1 N–H and O–H groups in total. The summed E-state index contributed by atoms with van der Waals surface area (Å²) >= 11 is 0. The van der Waals surface area contributed by atoms with Gasteiger partial charge in [0.05, 0.1) is 12.2 Å². The normalized spacial score (nSPS) is 11.7. The van der Waals surface area contributed by atoms with Gasteiger partial charge in [0.2, 0.25) is 10.0 Å². The second-order valence-electron chi connectivity index (χ2n) is 4.06. The maximum absolute atomic E-state index is 12.1.